The summed E-state index contributed by atoms with van der Waals surface area (Å²) in [6.45, 7) is 11.3. The molecule has 4 saturated heterocycles. The van der Waals surface area contributed by atoms with Crippen molar-refractivity contribution in [3.63, 3.8) is 0 Å². The van der Waals surface area contributed by atoms with Gasteiger partial charge in [-0.1, -0.05) is 19.1 Å². The second kappa shape index (κ2) is 4.31. The molecule has 4 heterocycles. The monoisotopic (exact) mass is 288 g/mol. The Hall–Kier alpha value is -0.900. The summed E-state index contributed by atoms with van der Waals surface area (Å²) in [6, 6.07) is 9.26. The van der Waals surface area contributed by atoms with Crippen LogP contribution in [0.1, 0.15) is 38.1 Å². The molecular formula is C18H28N2O+2. The van der Waals surface area contributed by atoms with E-state index in [1.54, 1.807) is 9.80 Å². The molecule has 5 rings (SSSR count). The molecular weight excluding hydrogens is 260 g/mol. The molecule has 1 aromatic carbocycles. The van der Waals surface area contributed by atoms with Gasteiger partial charge in [0.2, 0.25) is 6.17 Å². The normalized spacial score (nSPS) is 47.8. The van der Waals surface area contributed by atoms with Crippen LogP contribution >= 0.6 is 0 Å². The lowest BCUT2D eigenvalue weighted by Crippen LogP contribution is -3.41. The maximum absolute atomic E-state index is 10.7. The van der Waals surface area contributed by atoms with Crippen molar-refractivity contribution >= 4 is 0 Å². The first kappa shape index (κ1) is 13.7. The number of aliphatic hydroxyl groups excluding tert-OH is 1. The predicted molar refractivity (Wildman–Crippen MR) is 82.2 cm³/mol. The third-order valence-corrected chi connectivity index (χ3v) is 6.38. The van der Waals surface area contributed by atoms with Gasteiger partial charge in [-0.15, -0.1) is 0 Å². The first-order valence-corrected chi connectivity index (χ1v) is 8.41. The van der Waals surface area contributed by atoms with Crippen LogP contribution in [0.15, 0.2) is 24.3 Å². The van der Waals surface area contributed by atoms with E-state index in [2.05, 4.69) is 45.0 Å². The molecule has 0 aromatic heterocycles. The van der Waals surface area contributed by atoms with Gasteiger partial charge in [-0.05, 0) is 38.0 Å². The van der Waals surface area contributed by atoms with Crippen LogP contribution < -0.4 is 9.80 Å². The quantitative estimate of drug-likeness (QED) is 0.669. The van der Waals surface area contributed by atoms with Crippen LogP contribution in [-0.2, 0) is 6.42 Å². The van der Waals surface area contributed by atoms with E-state index in [0.717, 1.165) is 32.6 Å². The summed E-state index contributed by atoms with van der Waals surface area (Å²) < 4.78 is 0. The topological polar surface area (TPSA) is 29.1 Å². The van der Waals surface area contributed by atoms with Gasteiger partial charge in [-0.2, -0.15) is 0 Å². The predicted octanol–water partition coefficient (Wildman–Crippen LogP) is -0.568. The fourth-order valence-electron chi connectivity index (χ4n) is 5.67. The highest BCUT2D eigenvalue weighted by molar-refractivity contribution is 5.23. The zero-order valence-corrected chi connectivity index (χ0v) is 13.4. The number of aliphatic hydroxyl groups is 1. The molecule has 3 N–H and O–H groups in total. The minimum atomic E-state index is -0.124. The number of hydrogen-bond acceptors (Lipinski definition) is 1. The molecule has 3 nitrogen and oxygen atoms in total. The highest BCUT2D eigenvalue weighted by atomic mass is 16.3. The number of benzene rings is 1. The lowest BCUT2D eigenvalue weighted by Gasteiger charge is -2.62. The van der Waals surface area contributed by atoms with Crippen LogP contribution in [0.25, 0.3) is 0 Å². The maximum Gasteiger partial charge on any atom is 0.240 e. The molecule has 0 unspecified atom stereocenters. The zero-order valence-electron chi connectivity index (χ0n) is 13.4. The average Bonchev–Trinajstić information content (AvgIpc) is 2.44. The average molecular weight is 288 g/mol. The Balaban J connectivity index is 1.68. The minimum absolute atomic E-state index is 0.107. The Morgan fingerprint density at radius 2 is 1.48 bits per heavy atom. The molecule has 1 aromatic rings. The van der Waals surface area contributed by atoms with Crippen molar-refractivity contribution < 1.29 is 14.9 Å². The number of quaternary nitrogens is 2. The molecule has 0 spiro atoms. The number of hydrogen-bond donors (Lipinski definition) is 3. The van der Waals surface area contributed by atoms with E-state index in [0.29, 0.717) is 6.17 Å². The van der Waals surface area contributed by atoms with Gasteiger partial charge in [0.15, 0.2) is 0 Å². The molecule has 0 amide bonds. The lowest BCUT2D eigenvalue weighted by molar-refractivity contribution is -1.19. The van der Waals surface area contributed by atoms with E-state index >= 15 is 0 Å². The molecule has 0 aliphatic carbocycles. The lowest BCUT2D eigenvalue weighted by atomic mass is 9.60. The van der Waals surface area contributed by atoms with Gasteiger partial charge < -0.3 is 5.11 Å². The van der Waals surface area contributed by atoms with E-state index in [9.17, 15) is 5.11 Å². The molecule has 4 aliphatic heterocycles. The molecule has 3 heteroatoms. The van der Waals surface area contributed by atoms with Gasteiger partial charge in [0.1, 0.15) is 0 Å². The number of piperidine rings is 2. The fourth-order valence-corrected chi connectivity index (χ4v) is 5.67. The SMILES string of the molecule is CCc1ccc(C2[NH+]3CC4(C)C[NH+]2CC(C)(C3)C4O)cc1. The molecule has 114 valence electrons. The van der Waals surface area contributed by atoms with Crippen LogP contribution in [-0.4, -0.2) is 37.4 Å². The largest absolute Gasteiger partial charge is 0.391 e. The standard InChI is InChI=1S/C18H26N2O/c1-4-13-5-7-14(8-6-13)15-19-9-17(2)10-20(15)12-18(3,11-19)16(17)21/h5-8,15-16,21H,4,9-12H2,1-3H3/p+2. The van der Waals surface area contributed by atoms with Gasteiger partial charge >= 0.3 is 0 Å². The van der Waals surface area contributed by atoms with Gasteiger partial charge in [0, 0.05) is 0 Å². The summed E-state index contributed by atoms with van der Waals surface area (Å²) in [4.78, 5) is 3.36. The Kier molecular flexibility index (Phi) is 2.82. The van der Waals surface area contributed by atoms with Gasteiger partial charge in [0.05, 0.1) is 48.7 Å². The highest BCUT2D eigenvalue weighted by Gasteiger charge is 2.67. The third kappa shape index (κ3) is 1.84. The zero-order chi connectivity index (χ0) is 14.8. The third-order valence-electron chi connectivity index (χ3n) is 6.38. The molecule has 0 saturated carbocycles. The summed E-state index contributed by atoms with van der Waals surface area (Å²) in [6.07, 6.45) is 1.56. The van der Waals surface area contributed by atoms with Crippen LogP contribution in [0.5, 0.6) is 0 Å². The maximum atomic E-state index is 10.7. The molecule has 4 fully saturated rings. The molecule has 4 aliphatic rings. The van der Waals surface area contributed by atoms with E-state index in [-0.39, 0.29) is 16.9 Å². The minimum Gasteiger partial charge on any atom is -0.391 e. The molecule has 0 atom stereocenters. The summed E-state index contributed by atoms with van der Waals surface area (Å²) >= 11 is 0. The summed E-state index contributed by atoms with van der Waals surface area (Å²) in [7, 11) is 0. The first-order chi connectivity index (χ1) is 9.95. The van der Waals surface area contributed by atoms with Crippen molar-refractivity contribution in [2.24, 2.45) is 10.8 Å². The Morgan fingerprint density at radius 3 is 1.90 bits per heavy atom. The van der Waals surface area contributed by atoms with Crippen LogP contribution in [0.2, 0.25) is 0 Å². The van der Waals surface area contributed by atoms with Crippen LogP contribution in [0.3, 0.4) is 0 Å². The molecule has 0 radical (unpaired) electrons. The van der Waals surface area contributed by atoms with Crippen molar-refractivity contribution in [3.05, 3.63) is 35.4 Å². The highest BCUT2D eigenvalue weighted by Crippen LogP contribution is 2.39. The van der Waals surface area contributed by atoms with Gasteiger partial charge in [-0.25, -0.2) is 0 Å². The van der Waals surface area contributed by atoms with Crippen molar-refractivity contribution in [3.8, 4) is 0 Å². The Morgan fingerprint density at radius 1 is 1.00 bits per heavy atom. The van der Waals surface area contributed by atoms with E-state index < -0.39 is 0 Å². The van der Waals surface area contributed by atoms with E-state index in [1.807, 2.05) is 0 Å². The van der Waals surface area contributed by atoms with E-state index in [4.69, 9.17) is 0 Å². The first-order valence-electron chi connectivity index (χ1n) is 8.41. The van der Waals surface area contributed by atoms with E-state index in [1.165, 1.54) is 11.1 Å². The number of aryl methyl sites for hydroxylation is 1. The Labute approximate surface area is 127 Å². The summed E-state index contributed by atoms with van der Waals surface area (Å²) in [5, 5.41) is 10.7. The Bertz CT molecular complexity index is 515. The summed E-state index contributed by atoms with van der Waals surface area (Å²) in [5.74, 6) is 0. The van der Waals surface area contributed by atoms with Crippen molar-refractivity contribution in [2.75, 3.05) is 26.2 Å². The fraction of sp³-hybridized carbons (Fsp3) is 0.667. The number of rotatable bonds is 2. The van der Waals surface area contributed by atoms with Gasteiger partial charge in [0.25, 0.3) is 0 Å². The number of nitrogens with one attached hydrogen (secondary N) is 2. The van der Waals surface area contributed by atoms with Crippen LogP contribution in [0.4, 0.5) is 0 Å². The van der Waals surface area contributed by atoms with Crippen molar-refractivity contribution in [1.82, 2.24) is 0 Å². The second-order valence-electron chi connectivity index (χ2n) is 8.26. The smallest absolute Gasteiger partial charge is 0.240 e. The van der Waals surface area contributed by atoms with Crippen molar-refractivity contribution in [2.45, 2.75) is 39.5 Å². The second-order valence-corrected chi connectivity index (χ2v) is 8.26. The summed E-state index contributed by atoms with van der Waals surface area (Å²) in [5.41, 5.74) is 3.12. The van der Waals surface area contributed by atoms with Crippen molar-refractivity contribution in [1.29, 1.82) is 0 Å². The molecule has 21 heavy (non-hydrogen) atoms. The van der Waals surface area contributed by atoms with Crippen LogP contribution in [0, 0.1) is 10.8 Å². The van der Waals surface area contributed by atoms with Gasteiger partial charge in [-0.3, -0.25) is 9.80 Å². The molecule has 4 bridgehead atoms.